The highest BCUT2D eigenvalue weighted by Gasteiger charge is 2.23. The van der Waals surface area contributed by atoms with E-state index in [2.05, 4.69) is 49.5 Å². The number of hydrogen-bond acceptors (Lipinski definition) is 2. The summed E-state index contributed by atoms with van der Waals surface area (Å²) in [6.45, 7) is 5.74. The summed E-state index contributed by atoms with van der Waals surface area (Å²) in [5.41, 5.74) is 5.40. The third kappa shape index (κ3) is 2.96. The predicted molar refractivity (Wildman–Crippen MR) is 92.9 cm³/mol. The molecule has 0 amide bonds. The molecule has 0 aromatic heterocycles. The number of fused-ring (bicyclic) bond motifs is 1. The van der Waals surface area contributed by atoms with Gasteiger partial charge in [-0.05, 0) is 47.1 Å². The summed E-state index contributed by atoms with van der Waals surface area (Å²) >= 11 is 0. The van der Waals surface area contributed by atoms with Crippen molar-refractivity contribution < 1.29 is 4.74 Å². The van der Waals surface area contributed by atoms with Gasteiger partial charge >= 0.3 is 0 Å². The van der Waals surface area contributed by atoms with Crippen molar-refractivity contribution in [3.8, 4) is 5.75 Å². The minimum absolute atomic E-state index is 0.661. The Balaban J connectivity index is 1.91. The van der Waals surface area contributed by atoms with Crippen molar-refractivity contribution in [3.63, 3.8) is 0 Å². The van der Waals surface area contributed by atoms with Gasteiger partial charge in [0.05, 0.1) is 7.11 Å². The second-order valence-corrected chi connectivity index (χ2v) is 6.48. The van der Waals surface area contributed by atoms with Crippen molar-refractivity contribution in [3.05, 3.63) is 59.2 Å². The Labute approximate surface area is 133 Å². The van der Waals surface area contributed by atoms with Gasteiger partial charge in [0, 0.05) is 18.7 Å². The van der Waals surface area contributed by atoms with E-state index in [1.807, 2.05) is 12.1 Å². The van der Waals surface area contributed by atoms with Crippen molar-refractivity contribution in [2.75, 3.05) is 19.0 Å². The summed E-state index contributed by atoms with van der Waals surface area (Å²) in [4.78, 5) is 0. The fraction of sp³-hybridized carbons (Fsp3) is 0.400. The largest absolute Gasteiger partial charge is 0.496 e. The van der Waals surface area contributed by atoms with E-state index in [9.17, 15) is 0 Å². The summed E-state index contributed by atoms with van der Waals surface area (Å²) < 4.78 is 5.48. The highest BCUT2D eigenvalue weighted by molar-refractivity contribution is 5.57. The van der Waals surface area contributed by atoms with E-state index in [0.717, 1.165) is 18.7 Å². The molecule has 0 aliphatic carbocycles. The molecule has 1 N–H and O–H groups in total. The average Bonchev–Trinajstić information content (AvgIpc) is 2.54. The minimum Gasteiger partial charge on any atom is -0.496 e. The molecular weight excluding hydrogens is 270 g/mol. The zero-order valence-corrected chi connectivity index (χ0v) is 13.7. The number of rotatable bonds is 4. The standard InChI is InChI=1S/C20H25NO/c1-14(2)17-10-11-21-19-9-8-15(13-18(17)19)12-16-6-4-5-7-20(16)22-3/h4-9,13-14,17,21H,10-12H2,1-3H3. The van der Waals surface area contributed by atoms with Crippen LogP contribution >= 0.6 is 0 Å². The molecule has 116 valence electrons. The Kier molecular flexibility index (Phi) is 4.37. The van der Waals surface area contributed by atoms with Crippen LogP contribution in [0, 0.1) is 5.92 Å². The van der Waals surface area contributed by atoms with Gasteiger partial charge < -0.3 is 10.1 Å². The van der Waals surface area contributed by atoms with Crippen LogP contribution < -0.4 is 10.1 Å². The number of methoxy groups -OCH3 is 1. The van der Waals surface area contributed by atoms with Gasteiger partial charge in [-0.25, -0.2) is 0 Å². The second-order valence-electron chi connectivity index (χ2n) is 6.48. The van der Waals surface area contributed by atoms with Crippen LogP contribution in [0.4, 0.5) is 5.69 Å². The van der Waals surface area contributed by atoms with Crippen LogP contribution in [0.2, 0.25) is 0 Å². The first-order valence-electron chi connectivity index (χ1n) is 8.17. The molecule has 0 bridgehead atoms. The lowest BCUT2D eigenvalue weighted by Gasteiger charge is -2.30. The Morgan fingerprint density at radius 3 is 2.77 bits per heavy atom. The molecule has 0 radical (unpaired) electrons. The molecule has 1 atom stereocenters. The lowest BCUT2D eigenvalue weighted by molar-refractivity contribution is 0.410. The van der Waals surface area contributed by atoms with E-state index < -0.39 is 0 Å². The third-order valence-corrected chi connectivity index (χ3v) is 4.68. The van der Waals surface area contributed by atoms with Crippen LogP contribution in [0.15, 0.2) is 42.5 Å². The van der Waals surface area contributed by atoms with Crippen LogP contribution in [-0.2, 0) is 6.42 Å². The summed E-state index contributed by atoms with van der Waals surface area (Å²) in [7, 11) is 1.74. The number of benzene rings is 2. The van der Waals surface area contributed by atoms with Gasteiger partial charge in [0.1, 0.15) is 5.75 Å². The average molecular weight is 295 g/mol. The van der Waals surface area contributed by atoms with Crippen LogP contribution in [0.3, 0.4) is 0 Å². The Hall–Kier alpha value is -1.96. The molecule has 22 heavy (non-hydrogen) atoms. The molecular formula is C20H25NO. The first kappa shape index (κ1) is 15.0. The quantitative estimate of drug-likeness (QED) is 0.871. The van der Waals surface area contributed by atoms with Crippen LogP contribution in [-0.4, -0.2) is 13.7 Å². The topological polar surface area (TPSA) is 21.3 Å². The second kappa shape index (κ2) is 6.43. The Bertz CT molecular complexity index is 648. The van der Waals surface area contributed by atoms with Crippen LogP contribution in [0.1, 0.15) is 42.9 Å². The highest BCUT2D eigenvalue weighted by atomic mass is 16.5. The van der Waals surface area contributed by atoms with Gasteiger partial charge in [0.2, 0.25) is 0 Å². The Morgan fingerprint density at radius 2 is 2.00 bits per heavy atom. The summed E-state index contributed by atoms with van der Waals surface area (Å²) in [5.74, 6) is 2.31. The summed E-state index contributed by atoms with van der Waals surface area (Å²) in [6, 6.07) is 15.2. The first-order chi connectivity index (χ1) is 10.7. The molecule has 0 saturated carbocycles. The molecule has 1 unspecified atom stereocenters. The molecule has 2 aromatic rings. The number of ether oxygens (including phenoxy) is 1. The maximum Gasteiger partial charge on any atom is 0.122 e. The monoisotopic (exact) mass is 295 g/mol. The maximum atomic E-state index is 5.48. The van der Waals surface area contributed by atoms with Gasteiger partial charge in [-0.2, -0.15) is 0 Å². The van der Waals surface area contributed by atoms with Crippen molar-refractivity contribution in [1.29, 1.82) is 0 Å². The molecule has 1 aliphatic rings. The normalized spacial score (nSPS) is 17.0. The fourth-order valence-corrected chi connectivity index (χ4v) is 3.47. The molecule has 2 aromatic carbocycles. The van der Waals surface area contributed by atoms with Gasteiger partial charge in [-0.1, -0.05) is 44.2 Å². The van der Waals surface area contributed by atoms with Crippen LogP contribution in [0.5, 0.6) is 5.75 Å². The van der Waals surface area contributed by atoms with Gasteiger partial charge in [-0.15, -0.1) is 0 Å². The van der Waals surface area contributed by atoms with E-state index in [1.165, 1.54) is 28.8 Å². The molecule has 0 saturated heterocycles. The minimum atomic E-state index is 0.661. The predicted octanol–water partition coefficient (Wildman–Crippen LogP) is 4.84. The number of para-hydroxylation sites is 1. The lowest BCUT2D eigenvalue weighted by atomic mass is 9.81. The highest BCUT2D eigenvalue weighted by Crippen LogP contribution is 2.37. The van der Waals surface area contributed by atoms with E-state index >= 15 is 0 Å². The third-order valence-electron chi connectivity index (χ3n) is 4.68. The molecule has 3 rings (SSSR count). The molecule has 1 aliphatic heterocycles. The number of nitrogens with one attached hydrogen (secondary N) is 1. The van der Waals surface area contributed by atoms with Gasteiger partial charge in [0.25, 0.3) is 0 Å². The zero-order valence-electron chi connectivity index (χ0n) is 13.7. The number of hydrogen-bond donors (Lipinski definition) is 1. The molecule has 1 heterocycles. The van der Waals surface area contributed by atoms with E-state index in [1.54, 1.807) is 7.11 Å². The Morgan fingerprint density at radius 1 is 1.18 bits per heavy atom. The fourth-order valence-electron chi connectivity index (χ4n) is 3.47. The SMILES string of the molecule is COc1ccccc1Cc1ccc2c(c1)C(C(C)C)CCN2. The molecule has 2 heteroatoms. The molecule has 2 nitrogen and oxygen atoms in total. The molecule has 0 spiro atoms. The lowest BCUT2D eigenvalue weighted by Crippen LogP contribution is -2.20. The summed E-state index contributed by atoms with van der Waals surface area (Å²) in [5, 5.41) is 3.54. The number of anilines is 1. The van der Waals surface area contributed by atoms with Crippen LogP contribution in [0.25, 0.3) is 0 Å². The van der Waals surface area contributed by atoms with Crippen molar-refractivity contribution in [1.82, 2.24) is 0 Å². The van der Waals surface area contributed by atoms with E-state index in [-0.39, 0.29) is 0 Å². The van der Waals surface area contributed by atoms with Crippen molar-refractivity contribution in [2.24, 2.45) is 5.92 Å². The van der Waals surface area contributed by atoms with E-state index in [0.29, 0.717) is 11.8 Å². The van der Waals surface area contributed by atoms with E-state index in [4.69, 9.17) is 4.74 Å². The maximum absolute atomic E-state index is 5.48. The smallest absolute Gasteiger partial charge is 0.122 e. The summed E-state index contributed by atoms with van der Waals surface area (Å²) in [6.07, 6.45) is 2.14. The van der Waals surface area contributed by atoms with Gasteiger partial charge in [-0.3, -0.25) is 0 Å². The van der Waals surface area contributed by atoms with Crippen molar-refractivity contribution in [2.45, 2.75) is 32.6 Å². The van der Waals surface area contributed by atoms with Crippen molar-refractivity contribution >= 4 is 5.69 Å². The first-order valence-corrected chi connectivity index (χ1v) is 8.17. The van der Waals surface area contributed by atoms with Gasteiger partial charge in [0.15, 0.2) is 0 Å². The molecule has 0 fully saturated rings. The zero-order chi connectivity index (χ0) is 15.5.